The molecule has 0 bridgehead atoms. The van der Waals surface area contributed by atoms with Crippen molar-refractivity contribution < 1.29 is 4.79 Å². The lowest BCUT2D eigenvalue weighted by atomic mass is 10.2. The normalized spacial score (nSPS) is 14.8. The SMILES string of the molecule is C=CCCCN(C)C(=NC)NCCC(=O)N1CCN(c2ccccn2)CC1. The minimum Gasteiger partial charge on any atom is -0.356 e. The Kier molecular flexibility index (Phi) is 8.61. The summed E-state index contributed by atoms with van der Waals surface area (Å²) < 4.78 is 0. The van der Waals surface area contributed by atoms with Gasteiger partial charge in [0, 0.05) is 66.0 Å². The molecule has 2 heterocycles. The summed E-state index contributed by atoms with van der Waals surface area (Å²) in [6, 6.07) is 5.92. The summed E-state index contributed by atoms with van der Waals surface area (Å²) in [7, 11) is 3.78. The zero-order valence-corrected chi connectivity index (χ0v) is 16.6. The van der Waals surface area contributed by atoms with Crippen LogP contribution in [0.5, 0.6) is 0 Å². The molecule has 1 fully saturated rings. The average Bonchev–Trinajstić information content (AvgIpc) is 2.72. The highest BCUT2D eigenvalue weighted by Crippen LogP contribution is 2.12. The molecule has 0 atom stereocenters. The predicted octanol–water partition coefficient (Wildman–Crippen LogP) is 1.59. The number of piperazine rings is 1. The molecule has 0 spiro atoms. The molecule has 0 aliphatic carbocycles. The van der Waals surface area contributed by atoms with E-state index in [2.05, 4.69) is 31.7 Å². The smallest absolute Gasteiger partial charge is 0.224 e. The molecule has 2 rings (SSSR count). The molecule has 1 aliphatic rings. The van der Waals surface area contributed by atoms with Crippen LogP contribution in [0, 0.1) is 0 Å². The number of allylic oxidation sites excluding steroid dienone is 1. The van der Waals surface area contributed by atoms with Crippen LogP contribution in [0.25, 0.3) is 0 Å². The topological polar surface area (TPSA) is 64.1 Å². The predicted molar refractivity (Wildman–Crippen MR) is 111 cm³/mol. The van der Waals surface area contributed by atoms with Crippen molar-refractivity contribution in [2.24, 2.45) is 4.99 Å². The summed E-state index contributed by atoms with van der Waals surface area (Å²) >= 11 is 0. The van der Waals surface area contributed by atoms with Gasteiger partial charge in [0.05, 0.1) is 0 Å². The number of carbonyl (C=O) groups excluding carboxylic acids is 1. The summed E-state index contributed by atoms with van der Waals surface area (Å²) in [5.74, 6) is 1.99. The Hall–Kier alpha value is -2.57. The second-order valence-electron chi connectivity index (χ2n) is 6.63. The Bertz CT molecular complexity index is 610. The van der Waals surface area contributed by atoms with Gasteiger partial charge in [0.1, 0.15) is 5.82 Å². The molecule has 7 nitrogen and oxygen atoms in total. The number of nitrogens with one attached hydrogen (secondary N) is 1. The lowest BCUT2D eigenvalue weighted by Crippen LogP contribution is -2.49. The van der Waals surface area contributed by atoms with E-state index >= 15 is 0 Å². The molecule has 1 aromatic heterocycles. The van der Waals surface area contributed by atoms with E-state index < -0.39 is 0 Å². The van der Waals surface area contributed by atoms with E-state index in [9.17, 15) is 4.79 Å². The number of hydrogen-bond donors (Lipinski definition) is 1. The molecule has 1 aliphatic heterocycles. The highest BCUT2D eigenvalue weighted by Gasteiger charge is 2.21. The van der Waals surface area contributed by atoms with Gasteiger partial charge in [-0.15, -0.1) is 6.58 Å². The van der Waals surface area contributed by atoms with Crippen LogP contribution in [0.15, 0.2) is 42.0 Å². The van der Waals surface area contributed by atoms with E-state index in [-0.39, 0.29) is 5.91 Å². The molecule has 1 aromatic rings. The fourth-order valence-corrected chi connectivity index (χ4v) is 3.13. The molecule has 1 N–H and O–H groups in total. The zero-order valence-electron chi connectivity index (χ0n) is 16.6. The van der Waals surface area contributed by atoms with Gasteiger partial charge in [0.2, 0.25) is 5.91 Å². The molecule has 0 radical (unpaired) electrons. The Morgan fingerprint density at radius 2 is 2.15 bits per heavy atom. The first-order chi connectivity index (χ1) is 13.2. The van der Waals surface area contributed by atoms with Crippen molar-refractivity contribution in [3.05, 3.63) is 37.1 Å². The van der Waals surface area contributed by atoms with E-state index in [1.54, 1.807) is 13.2 Å². The minimum absolute atomic E-state index is 0.188. The molecule has 1 saturated heterocycles. The molecule has 1 amide bonds. The third kappa shape index (κ3) is 6.58. The Morgan fingerprint density at radius 1 is 1.37 bits per heavy atom. The number of pyridine rings is 1. The van der Waals surface area contributed by atoms with E-state index in [0.29, 0.717) is 13.0 Å². The number of amides is 1. The van der Waals surface area contributed by atoms with Crippen LogP contribution < -0.4 is 10.2 Å². The number of hydrogen-bond acceptors (Lipinski definition) is 4. The van der Waals surface area contributed by atoms with Gasteiger partial charge in [-0.25, -0.2) is 4.98 Å². The second kappa shape index (κ2) is 11.2. The standard InChI is InChI=1S/C20H32N6O/c1-4-5-8-13-24(3)20(21-2)23-12-10-19(27)26-16-14-25(15-17-26)18-9-6-7-11-22-18/h4,6-7,9,11H,1,5,8,10,12-17H2,2-3H3,(H,21,23). The third-order valence-corrected chi connectivity index (χ3v) is 4.70. The van der Waals surface area contributed by atoms with Crippen molar-refractivity contribution in [2.45, 2.75) is 19.3 Å². The number of unbranched alkanes of at least 4 members (excludes halogenated alkanes) is 1. The molecule has 148 valence electrons. The van der Waals surface area contributed by atoms with Crippen molar-refractivity contribution in [3.63, 3.8) is 0 Å². The van der Waals surface area contributed by atoms with Crippen molar-refractivity contribution in [1.82, 2.24) is 20.1 Å². The van der Waals surface area contributed by atoms with Gasteiger partial charge in [-0.05, 0) is 25.0 Å². The largest absolute Gasteiger partial charge is 0.356 e. The lowest BCUT2D eigenvalue weighted by Gasteiger charge is -2.35. The van der Waals surface area contributed by atoms with Crippen molar-refractivity contribution in [3.8, 4) is 0 Å². The molecule has 0 saturated carbocycles. The summed E-state index contributed by atoms with van der Waals surface area (Å²) in [6.45, 7) is 8.38. The Morgan fingerprint density at radius 3 is 2.78 bits per heavy atom. The van der Waals surface area contributed by atoms with Gasteiger partial charge in [-0.2, -0.15) is 0 Å². The molecule has 27 heavy (non-hydrogen) atoms. The maximum Gasteiger partial charge on any atom is 0.224 e. The van der Waals surface area contributed by atoms with Gasteiger partial charge in [-0.1, -0.05) is 12.1 Å². The van der Waals surface area contributed by atoms with Crippen molar-refractivity contribution >= 4 is 17.7 Å². The Labute approximate surface area is 162 Å². The number of carbonyl (C=O) groups is 1. The zero-order chi connectivity index (χ0) is 19.5. The number of aliphatic imine (C=N–C) groups is 1. The number of guanidine groups is 1. The first kappa shape index (κ1) is 20.7. The summed E-state index contributed by atoms with van der Waals surface area (Å²) in [5, 5.41) is 3.28. The van der Waals surface area contributed by atoms with Gasteiger partial charge in [0.25, 0.3) is 0 Å². The fraction of sp³-hybridized carbons (Fsp3) is 0.550. The van der Waals surface area contributed by atoms with E-state index in [1.807, 2.05) is 36.2 Å². The van der Waals surface area contributed by atoms with Crippen LogP contribution in [0.2, 0.25) is 0 Å². The lowest BCUT2D eigenvalue weighted by molar-refractivity contribution is -0.131. The molecular formula is C20H32N6O. The number of rotatable bonds is 8. The molecular weight excluding hydrogens is 340 g/mol. The first-order valence-corrected chi connectivity index (χ1v) is 9.62. The van der Waals surface area contributed by atoms with Gasteiger partial charge >= 0.3 is 0 Å². The first-order valence-electron chi connectivity index (χ1n) is 9.62. The Balaban J connectivity index is 1.69. The van der Waals surface area contributed by atoms with E-state index in [4.69, 9.17) is 0 Å². The maximum absolute atomic E-state index is 12.5. The summed E-state index contributed by atoms with van der Waals surface area (Å²) in [5.41, 5.74) is 0. The third-order valence-electron chi connectivity index (χ3n) is 4.70. The van der Waals surface area contributed by atoms with Crippen LogP contribution >= 0.6 is 0 Å². The number of aromatic nitrogens is 1. The number of anilines is 1. The van der Waals surface area contributed by atoms with Crippen LogP contribution in [0.1, 0.15) is 19.3 Å². The highest BCUT2D eigenvalue weighted by molar-refractivity contribution is 5.81. The summed E-state index contributed by atoms with van der Waals surface area (Å²) in [4.78, 5) is 27.4. The van der Waals surface area contributed by atoms with Gasteiger partial charge < -0.3 is 20.0 Å². The maximum atomic E-state index is 12.5. The van der Waals surface area contributed by atoms with Gasteiger partial charge in [0.15, 0.2) is 5.96 Å². The molecule has 0 aromatic carbocycles. The van der Waals surface area contributed by atoms with Crippen molar-refractivity contribution in [2.75, 3.05) is 58.3 Å². The number of nitrogens with zero attached hydrogens (tertiary/aromatic N) is 5. The van der Waals surface area contributed by atoms with Crippen LogP contribution in [-0.4, -0.2) is 80.0 Å². The molecule has 0 unspecified atom stereocenters. The van der Waals surface area contributed by atoms with E-state index in [1.165, 1.54) is 0 Å². The highest BCUT2D eigenvalue weighted by atomic mass is 16.2. The quantitative estimate of drug-likeness (QED) is 0.325. The van der Waals surface area contributed by atoms with Crippen LogP contribution in [-0.2, 0) is 4.79 Å². The van der Waals surface area contributed by atoms with E-state index in [0.717, 1.165) is 57.3 Å². The second-order valence-corrected chi connectivity index (χ2v) is 6.63. The van der Waals surface area contributed by atoms with Crippen molar-refractivity contribution in [1.29, 1.82) is 0 Å². The summed E-state index contributed by atoms with van der Waals surface area (Å²) in [6.07, 6.45) is 6.24. The molecule has 7 heteroatoms. The average molecular weight is 373 g/mol. The van der Waals surface area contributed by atoms with Gasteiger partial charge in [-0.3, -0.25) is 9.79 Å². The van der Waals surface area contributed by atoms with Crippen LogP contribution in [0.3, 0.4) is 0 Å². The van der Waals surface area contributed by atoms with Crippen LogP contribution in [0.4, 0.5) is 5.82 Å². The monoisotopic (exact) mass is 372 g/mol. The minimum atomic E-state index is 0.188. The fourth-order valence-electron chi connectivity index (χ4n) is 3.13.